The third kappa shape index (κ3) is 2.51. The first-order valence-electron chi connectivity index (χ1n) is 3.87. The quantitative estimate of drug-likeness (QED) is 0.613. The molecular formula is C11H12S. The van der Waals surface area contributed by atoms with Crippen LogP contribution < -0.4 is 0 Å². The summed E-state index contributed by atoms with van der Waals surface area (Å²) in [6.07, 6.45) is 8.06. The van der Waals surface area contributed by atoms with Crippen molar-refractivity contribution in [3.63, 3.8) is 0 Å². The molecule has 0 aromatic carbocycles. The molecule has 1 aromatic rings. The van der Waals surface area contributed by atoms with Gasteiger partial charge in [-0.25, -0.2) is 0 Å². The predicted octanol–water partition coefficient (Wildman–Crippen LogP) is 3.89. The SMILES string of the molecule is C=CC(/C=C/c1cccs1)=C\C. The highest BCUT2D eigenvalue weighted by Gasteiger charge is 1.85. The van der Waals surface area contributed by atoms with Crippen LogP contribution in [0, 0.1) is 0 Å². The number of hydrogen-bond donors (Lipinski definition) is 0. The molecule has 0 amide bonds. The molecule has 0 fully saturated rings. The lowest BCUT2D eigenvalue weighted by Gasteiger charge is -1.88. The molecule has 0 aliphatic carbocycles. The van der Waals surface area contributed by atoms with Crippen LogP contribution in [-0.4, -0.2) is 0 Å². The molecule has 62 valence electrons. The predicted molar refractivity (Wildman–Crippen MR) is 57.3 cm³/mol. The Bertz CT molecular complexity index is 289. The molecule has 1 heterocycles. The van der Waals surface area contributed by atoms with Crippen molar-refractivity contribution in [3.8, 4) is 0 Å². The minimum absolute atomic E-state index is 1.16. The van der Waals surface area contributed by atoms with E-state index in [1.165, 1.54) is 4.88 Å². The van der Waals surface area contributed by atoms with Gasteiger partial charge in [-0.05, 0) is 30.0 Å². The molecule has 0 radical (unpaired) electrons. The molecule has 0 saturated heterocycles. The molecule has 12 heavy (non-hydrogen) atoms. The molecule has 0 nitrogen and oxygen atoms in total. The van der Waals surface area contributed by atoms with Crippen molar-refractivity contribution in [2.45, 2.75) is 6.92 Å². The van der Waals surface area contributed by atoms with Gasteiger partial charge in [0.1, 0.15) is 0 Å². The average molecular weight is 176 g/mol. The smallest absolute Gasteiger partial charge is 0.0270 e. The highest BCUT2D eigenvalue weighted by atomic mass is 32.1. The average Bonchev–Trinajstić information content (AvgIpc) is 2.59. The normalized spacial score (nSPS) is 12.2. The van der Waals surface area contributed by atoms with Crippen LogP contribution in [0.4, 0.5) is 0 Å². The first-order chi connectivity index (χ1) is 5.86. The Morgan fingerprint density at radius 3 is 2.92 bits per heavy atom. The van der Waals surface area contributed by atoms with E-state index < -0.39 is 0 Å². The monoisotopic (exact) mass is 176 g/mol. The zero-order valence-corrected chi connectivity index (χ0v) is 7.97. The van der Waals surface area contributed by atoms with Gasteiger partial charge in [0.2, 0.25) is 0 Å². The second-order valence-corrected chi connectivity index (χ2v) is 3.32. The fraction of sp³-hybridized carbons (Fsp3) is 0.0909. The van der Waals surface area contributed by atoms with E-state index >= 15 is 0 Å². The molecule has 0 atom stereocenters. The number of thiophene rings is 1. The molecule has 0 unspecified atom stereocenters. The topological polar surface area (TPSA) is 0 Å². The van der Waals surface area contributed by atoms with E-state index in [1.807, 2.05) is 25.1 Å². The summed E-state index contributed by atoms with van der Waals surface area (Å²) in [6.45, 7) is 5.73. The van der Waals surface area contributed by atoms with Gasteiger partial charge in [0.05, 0.1) is 0 Å². The fourth-order valence-electron chi connectivity index (χ4n) is 0.847. The van der Waals surface area contributed by atoms with E-state index in [4.69, 9.17) is 0 Å². The van der Waals surface area contributed by atoms with E-state index in [0.717, 1.165) is 5.57 Å². The maximum atomic E-state index is 3.72. The van der Waals surface area contributed by atoms with Crippen molar-refractivity contribution in [1.82, 2.24) is 0 Å². The largest absolute Gasteiger partial charge is 0.144 e. The molecule has 0 bridgehead atoms. The van der Waals surface area contributed by atoms with Gasteiger partial charge in [-0.2, -0.15) is 0 Å². The molecule has 1 heteroatoms. The Balaban J connectivity index is 2.68. The van der Waals surface area contributed by atoms with E-state index in [-0.39, 0.29) is 0 Å². The Morgan fingerprint density at radius 2 is 2.42 bits per heavy atom. The van der Waals surface area contributed by atoms with Gasteiger partial charge < -0.3 is 0 Å². The third-order valence-electron chi connectivity index (χ3n) is 1.55. The number of allylic oxidation sites excluding steroid dienone is 4. The van der Waals surface area contributed by atoms with Crippen molar-refractivity contribution < 1.29 is 0 Å². The minimum atomic E-state index is 1.16. The van der Waals surface area contributed by atoms with Crippen LogP contribution in [-0.2, 0) is 0 Å². The highest BCUT2D eigenvalue weighted by molar-refractivity contribution is 7.10. The molecule has 1 aromatic heterocycles. The lowest BCUT2D eigenvalue weighted by Crippen LogP contribution is -1.66. The van der Waals surface area contributed by atoms with Crippen LogP contribution in [0.5, 0.6) is 0 Å². The molecule has 1 rings (SSSR count). The summed E-state index contributed by atoms with van der Waals surface area (Å²) in [4.78, 5) is 1.27. The van der Waals surface area contributed by atoms with Crippen LogP contribution in [0.3, 0.4) is 0 Å². The van der Waals surface area contributed by atoms with Crippen molar-refractivity contribution in [2.24, 2.45) is 0 Å². The summed E-state index contributed by atoms with van der Waals surface area (Å²) in [7, 11) is 0. The summed E-state index contributed by atoms with van der Waals surface area (Å²) >= 11 is 1.74. The van der Waals surface area contributed by atoms with Gasteiger partial charge in [-0.1, -0.05) is 30.9 Å². The molecule has 0 aliphatic rings. The van der Waals surface area contributed by atoms with Crippen LogP contribution in [0.25, 0.3) is 6.08 Å². The van der Waals surface area contributed by atoms with Crippen LogP contribution in [0.2, 0.25) is 0 Å². The van der Waals surface area contributed by atoms with E-state index in [1.54, 1.807) is 11.3 Å². The zero-order valence-electron chi connectivity index (χ0n) is 7.16. The second kappa shape index (κ2) is 4.73. The van der Waals surface area contributed by atoms with Crippen LogP contribution >= 0.6 is 11.3 Å². The first-order valence-corrected chi connectivity index (χ1v) is 4.75. The zero-order chi connectivity index (χ0) is 8.81. The molecule has 0 saturated carbocycles. The van der Waals surface area contributed by atoms with E-state index in [2.05, 4.69) is 30.2 Å². The Morgan fingerprint density at radius 1 is 1.58 bits per heavy atom. The lowest BCUT2D eigenvalue weighted by atomic mass is 10.2. The number of rotatable bonds is 3. The minimum Gasteiger partial charge on any atom is -0.144 e. The maximum absolute atomic E-state index is 3.72. The third-order valence-corrected chi connectivity index (χ3v) is 2.39. The highest BCUT2D eigenvalue weighted by Crippen LogP contribution is 2.11. The summed E-state index contributed by atoms with van der Waals surface area (Å²) in [6, 6.07) is 4.14. The lowest BCUT2D eigenvalue weighted by molar-refractivity contribution is 1.62. The molecule has 0 spiro atoms. The standard InChI is InChI=1S/C11H12S/c1-3-10(4-2)7-8-11-6-5-9-12-11/h3-9H,1H2,2H3/b8-7+,10-4+. The van der Waals surface area contributed by atoms with Gasteiger partial charge in [0.15, 0.2) is 0 Å². The van der Waals surface area contributed by atoms with Gasteiger partial charge >= 0.3 is 0 Å². The van der Waals surface area contributed by atoms with Gasteiger partial charge in [0, 0.05) is 4.88 Å². The Hall–Kier alpha value is -1.08. The van der Waals surface area contributed by atoms with Crippen LogP contribution in [0.15, 0.2) is 47.9 Å². The second-order valence-electron chi connectivity index (χ2n) is 2.34. The van der Waals surface area contributed by atoms with Crippen molar-refractivity contribution >= 4 is 17.4 Å². The summed E-state index contributed by atoms with van der Waals surface area (Å²) < 4.78 is 0. The molecule has 0 aliphatic heterocycles. The van der Waals surface area contributed by atoms with E-state index in [9.17, 15) is 0 Å². The van der Waals surface area contributed by atoms with Crippen molar-refractivity contribution in [2.75, 3.05) is 0 Å². The Labute approximate surface area is 77.6 Å². The van der Waals surface area contributed by atoms with Crippen molar-refractivity contribution in [1.29, 1.82) is 0 Å². The summed E-state index contributed by atoms with van der Waals surface area (Å²) in [5.74, 6) is 0. The van der Waals surface area contributed by atoms with Gasteiger partial charge in [-0.15, -0.1) is 11.3 Å². The first kappa shape index (κ1) is 9.01. The maximum Gasteiger partial charge on any atom is 0.0270 e. The van der Waals surface area contributed by atoms with E-state index in [0.29, 0.717) is 0 Å². The van der Waals surface area contributed by atoms with Crippen LogP contribution in [0.1, 0.15) is 11.8 Å². The molecule has 0 N–H and O–H groups in total. The fourth-order valence-corrected chi connectivity index (χ4v) is 1.46. The molecular weight excluding hydrogens is 164 g/mol. The van der Waals surface area contributed by atoms with Gasteiger partial charge in [0.25, 0.3) is 0 Å². The summed E-state index contributed by atoms with van der Waals surface area (Å²) in [5.41, 5.74) is 1.16. The van der Waals surface area contributed by atoms with Crippen molar-refractivity contribution in [3.05, 3.63) is 52.8 Å². The Kier molecular flexibility index (Phi) is 3.55. The van der Waals surface area contributed by atoms with Gasteiger partial charge in [-0.3, -0.25) is 0 Å². The number of hydrogen-bond acceptors (Lipinski definition) is 1. The summed E-state index contributed by atoms with van der Waals surface area (Å²) in [5, 5.41) is 2.07.